The van der Waals surface area contributed by atoms with Crippen molar-refractivity contribution in [3.8, 4) is 0 Å². The summed E-state index contributed by atoms with van der Waals surface area (Å²) in [5.74, 6) is -0.368. The number of carbonyl (C=O) groups is 1. The minimum atomic E-state index is -0.368. The number of hydrogen-bond donors (Lipinski definition) is 1. The van der Waals surface area contributed by atoms with E-state index in [1.54, 1.807) is 12.1 Å². The topological polar surface area (TPSA) is 65.2 Å². The molecule has 5 heteroatoms. The summed E-state index contributed by atoms with van der Waals surface area (Å²) in [5.41, 5.74) is 8.63. The van der Waals surface area contributed by atoms with Crippen LogP contribution in [0, 0.1) is 6.92 Å². The number of carbonyl (C=O) groups excluding carboxylic acids is 1. The van der Waals surface area contributed by atoms with E-state index in [9.17, 15) is 4.79 Å². The van der Waals surface area contributed by atoms with Crippen molar-refractivity contribution in [2.75, 3.05) is 5.73 Å². The van der Waals surface area contributed by atoms with Gasteiger partial charge in [0.2, 0.25) is 0 Å². The zero-order chi connectivity index (χ0) is 15.6. The number of rotatable bonds is 3. The summed E-state index contributed by atoms with van der Waals surface area (Å²) in [6, 6.07) is 5.22. The zero-order valence-electron chi connectivity index (χ0n) is 12.8. The summed E-state index contributed by atoms with van der Waals surface area (Å²) >= 11 is 1.51. The number of aromatic nitrogens is 1. The Hall–Kier alpha value is -1.88. The molecule has 0 aliphatic carbocycles. The van der Waals surface area contributed by atoms with E-state index in [0.717, 1.165) is 16.3 Å². The molecule has 21 heavy (non-hydrogen) atoms. The maximum absolute atomic E-state index is 12.1. The van der Waals surface area contributed by atoms with Gasteiger partial charge in [0.1, 0.15) is 11.6 Å². The number of esters is 1. The van der Waals surface area contributed by atoms with Gasteiger partial charge >= 0.3 is 5.97 Å². The highest BCUT2D eigenvalue weighted by Gasteiger charge is 2.18. The first-order valence-electron chi connectivity index (χ1n) is 6.75. The predicted octanol–water partition coefficient (Wildman–Crippen LogP) is 3.69. The largest absolute Gasteiger partial charge is 0.455 e. The quantitative estimate of drug-likeness (QED) is 0.694. The molecule has 4 nitrogen and oxygen atoms in total. The fourth-order valence-electron chi connectivity index (χ4n) is 1.79. The Morgan fingerprint density at radius 1 is 1.38 bits per heavy atom. The van der Waals surface area contributed by atoms with E-state index < -0.39 is 0 Å². The highest BCUT2D eigenvalue weighted by atomic mass is 32.1. The van der Waals surface area contributed by atoms with Crippen LogP contribution in [0.5, 0.6) is 0 Å². The third-order valence-electron chi connectivity index (χ3n) is 3.13. The Labute approximate surface area is 129 Å². The summed E-state index contributed by atoms with van der Waals surface area (Å²) in [7, 11) is 0. The van der Waals surface area contributed by atoms with E-state index in [1.165, 1.54) is 11.3 Å². The molecule has 0 saturated heterocycles. The van der Waals surface area contributed by atoms with E-state index in [0.29, 0.717) is 11.3 Å². The molecular weight excluding hydrogens is 284 g/mol. The van der Waals surface area contributed by atoms with Crippen LogP contribution in [0.2, 0.25) is 0 Å². The van der Waals surface area contributed by atoms with E-state index in [4.69, 9.17) is 10.5 Å². The number of thiazole rings is 1. The SMILES string of the molecule is Cc1ccc(N)cc1C(=O)OCc1nc(C(C)(C)C)cs1. The number of nitrogen functional groups attached to an aromatic ring is 1. The number of nitrogens with two attached hydrogens (primary N) is 1. The van der Waals surface area contributed by atoms with E-state index >= 15 is 0 Å². The van der Waals surface area contributed by atoms with Crippen LogP contribution >= 0.6 is 11.3 Å². The second-order valence-electron chi connectivity index (χ2n) is 6.03. The Kier molecular flexibility index (Phi) is 4.32. The van der Waals surface area contributed by atoms with Gasteiger partial charge in [0.15, 0.2) is 0 Å². The predicted molar refractivity (Wildman–Crippen MR) is 85.5 cm³/mol. The molecule has 0 spiro atoms. The van der Waals surface area contributed by atoms with Crippen molar-refractivity contribution in [2.45, 2.75) is 39.7 Å². The molecule has 2 rings (SSSR count). The summed E-state index contributed by atoms with van der Waals surface area (Å²) < 4.78 is 5.33. The van der Waals surface area contributed by atoms with Crippen LogP contribution < -0.4 is 5.73 Å². The molecule has 1 aromatic carbocycles. The highest BCUT2D eigenvalue weighted by Crippen LogP contribution is 2.24. The van der Waals surface area contributed by atoms with Crippen LogP contribution in [0.4, 0.5) is 5.69 Å². The van der Waals surface area contributed by atoms with Crippen molar-refractivity contribution >= 4 is 23.0 Å². The van der Waals surface area contributed by atoms with Gasteiger partial charge in [-0.1, -0.05) is 26.8 Å². The number of anilines is 1. The van der Waals surface area contributed by atoms with Gasteiger partial charge in [-0.3, -0.25) is 0 Å². The molecule has 0 radical (unpaired) electrons. The van der Waals surface area contributed by atoms with Gasteiger partial charge in [-0.15, -0.1) is 11.3 Å². The maximum Gasteiger partial charge on any atom is 0.338 e. The molecule has 112 valence electrons. The van der Waals surface area contributed by atoms with Gasteiger partial charge in [-0.25, -0.2) is 9.78 Å². The van der Waals surface area contributed by atoms with Gasteiger partial charge in [0, 0.05) is 16.5 Å². The molecular formula is C16H20N2O2S. The minimum Gasteiger partial charge on any atom is -0.455 e. The smallest absolute Gasteiger partial charge is 0.338 e. The monoisotopic (exact) mass is 304 g/mol. The fraction of sp³-hybridized carbons (Fsp3) is 0.375. The van der Waals surface area contributed by atoms with E-state index in [-0.39, 0.29) is 18.0 Å². The van der Waals surface area contributed by atoms with Crippen molar-refractivity contribution in [3.05, 3.63) is 45.4 Å². The average molecular weight is 304 g/mol. The van der Waals surface area contributed by atoms with Crippen molar-refractivity contribution < 1.29 is 9.53 Å². The summed E-state index contributed by atoms with van der Waals surface area (Å²) in [6.07, 6.45) is 0. The summed E-state index contributed by atoms with van der Waals surface area (Å²) in [6.45, 7) is 8.36. The normalized spacial score (nSPS) is 11.4. The van der Waals surface area contributed by atoms with Crippen molar-refractivity contribution in [3.63, 3.8) is 0 Å². The Morgan fingerprint density at radius 2 is 2.10 bits per heavy atom. The summed E-state index contributed by atoms with van der Waals surface area (Å²) in [5, 5.41) is 2.81. The standard InChI is InChI=1S/C16H20N2O2S/c1-10-5-6-11(17)7-12(10)15(19)20-8-14-18-13(9-21-14)16(2,3)4/h5-7,9H,8,17H2,1-4H3. The van der Waals surface area contributed by atoms with Gasteiger partial charge in [-0.05, 0) is 24.6 Å². The molecule has 0 saturated carbocycles. The molecule has 0 bridgehead atoms. The van der Waals surface area contributed by atoms with Crippen molar-refractivity contribution in [1.82, 2.24) is 4.98 Å². The lowest BCUT2D eigenvalue weighted by molar-refractivity contribution is 0.0471. The van der Waals surface area contributed by atoms with Crippen LogP contribution in [-0.2, 0) is 16.8 Å². The lowest BCUT2D eigenvalue weighted by Gasteiger charge is -2.14. The molecule has 1 heterocycles. The number of nitrogens with zero attached hydrogens (tertiary/aromatic N) is 1. The first-order chi connectivity index (χ1) is 9.77. The molecule has 1 aromatic heterocycles. The van der Waals surface area contributed by atoms with Gasteiger partial charge in [-0.2, -0.15) is 0 Å². The van der Waals surface area contributed by atoms with Crippen molar-refractivity contribution in [1.29, 1.82) is 0 Å². The second kappa shape index (κ2) is 5.85. The number of ether oxygens (including phenoxy) is 1. The molecule has 2 N–H and O–H groups in total. The Bertz CT molecular complexity index is 657. The molecule has 0 amide bonds. The highest BCUT2D eigenvalue weighted by molar-refractivity contribution is 7.09. The lowest BCUT2D eigenvalue weighted by Crippen LogP contribution is -2.12. The number of aryl methyl sites for hydroxylation is 1. The molecule has 0 unspecified atom stereocenters. The number of benzene rings is 1. The molecule has 0 aliphatic rings. The minimum absolute atomic E-state index is 0.00320. The van der Waals surface area contributed by atoms with E-state index in [2.05, 4.69) is 25.8 Å². The third kappa shape index (κ3) is 3.82. The number of hydrogen-bond acceptors (Lipinski definition) is 5. The van der Waals surface area contributed by atoms with Gasteiger partial charge in [0.05, 0.1) is 11.3 Å². The van der Waals surface area contributed by atoms with Crippen LogP contribution in [0.15, 0.2) is 23.6 Å². The second-order valence-corrected chi connectivity index (χ2v) is 6.97. The molecule has 0 fully saturated rings. The fourth-order valence-corrected chi connectivity index (χ4v) is 2.72. The van der Waals surface area contributed by atoms with Gasteiger partial charge < -0.3 is 10.5 Å². The van der Waals surface area contributed by atoms with Gasteiger partial charge in [0.25, 0.3) is 0 Å². The average Bonchev–Trinajstić information content (AvgIpc) is 2.87. The summed E-state index contributed by atoms with van der Waals surface area (Å²) in [4.78, 5) is 16.6. The zero-order valence-corrected chi connectivity index (χ0v) is 13.6. The van der Waals surface area contributed by atoms with Crippen LogP contribution in [0.3, 0.4) is 0 Å². The first kappa shape index (κ1) is 15.5. The Balaban J connectivity index is 2.04. The molecule has 2 aromatic rings. The van der Waals surface area contributed by atoms with Crippen LogP contribution in [0.25, 0.3) is 0 Å². The maximum atomic E-state index is 12.1. The van der Waals surface area contributed by atoms with Crippen molar-refractivity contribution in [2.24, 2.45) is 0 Å². The molecule has 0 aliphatic heterocycles. The third-order valence-corrected chi connectivity index (χ3v) is 3.95. The van der Waals surface area contributed by atoms with Crippen LogP contribution in [0.1, 0.15) is 47.4 Å². The van der Waals surface area contributed by atoms with E-state index in [1.807, 2.05) is 18.4 Å². The van der Waals surface area contributed by atoms with Crippen LogP contribution in [-0.4, -0.2) is 11.0 Å². The first-order valence-corrected chi connectivity index (χ1v) is 7.63. The lowest BCUT2D eigenvalue weighted by atomic mass is 9.93. The molecule has 0 atom stereocenters. The Morgan fingerprint density at radius 3 is 2.71 bits per heavy atom.